The van der Waals surface area contributed by atoms with Crippen molar-refractivity contribution in [2.24, 2.45) is 0 Å². The molecule has 5 N–H and O–H groups in total. The summed E-state index contributed by atoms with van der Waals surface area (Å²) in [5, 5.41) is 31.1. The molecule has 0 spiro atoms. The number of imidazole rings is 1. The van der Waals surface area contributed by atoms with E-state index in [1.165, 1.54) is 6.33 Å². The molecule has 1 aliphatic heterocycles. The van der Waals surface area contributed by atoms with Gasteiger partial charge in [0.25, 0.3) is 0 Å². The van der Waals surface area contributed by atoms with Crippen molar-refractivity contribution < 1.29 is 24.8 Å². The number of aromatic nitrogens is 4. The first-order chi connectivity index (χ1) is 20.4. The molecule has 12 heteroatoms. The maximum atomic E-state index is 10.9. The van der Waals surface area contributed by atoms with Gasteiger partial charge in [-0.05, 0) is 37.2 Å². The number of ether oxygens (including phenoxy) is 2. The monoisotopic (exact) mass is 577 g/mol. The Hall–Kier alpha value is -3.81. The SMILES string of the molecule is CCN(CC)CCCOc1cc(N(C)c2nc3c(N)ncnc3n2[C@@H]2O[C@H](CO)[C@@H](O)[C@H]2O)ccc1-c1ccccc1. The molecule has 42 heavy (non-hydrogen) atoms. The first-order valence-electron chi connectivity index (χ1n) is 14.3. The summed E-state index contributed by atoms with van der Waals surface area (Å²) in [7, 11) is 1.82. The van der Waals surface area contributed by atoms with E-state index in [0.717, 1.165) is 48.6 Å². The number of nitrogens with two attached hydrogens (primary N) is 1. The van der Waals surface area contributed by atoms with Crippen LogP contribution in [-0.2, 0) is 4.74 Å². The number of benzene rings is 2. The molecular formula is C30H39N7O5. The molecule has 3 heterocycles. The molecule has 0 unspecified atom stereocenters. The molecule has 2 aromatic heterocycles. The number of nitrogens with zero attached hydrogens (tertiary/aromatic N) is 6. The third kappa shape index (κ3) is 5.76. The number of hydrogen-bond acceptors (Lipinski definition) is 11. The standard InChI is InChI=1S/C30H39N7O5/c1-4-36(5-2)14-9-15-41-22-16-20(12-13-21(22)19-10-7-6-8-11-19)35(3)30-34-24-27(31)32-18-33-28(24)37(30)29-26(40)25(39)23(17-38)42-29/h6-8,10-13,16,18,23,25-26,29,38-40H,4-5,9,14-15,17H2,1-3H3,(H2,31,32,33)/t23-,25-,26-,29-/m1/s1. The summed E-state index contributed by atoms with van der Waals surface area (Å²) in [6.07, 6.45) is -2.49. The Kier molecular flexibility index (Phi) is 9.19. The van der Waals surface area contributed by atoms with Gasteiger partial charge < -0.3 is 40.3 Å². The van der Waals surface area contributed by atoms with Crippen molar-refractivity contribution in [1.82, 2.24) is 24.4 Å². The Balaban J connectivity index is 1.53. The predicted octanol–water partition coefficient (Wildman–Crippen LogP) is 2.57. The molecule has 1 fully saturated rings. The van der Waals surface area contributed by atoms with E-state index in [-0.39, 0.29) is 5.82 Å². The average Bonchev–Trinajstić information content (AvgIpc) is 3.54. The lowest BCUT2D eigenvalue weighted by Crippen LogP contribution is -2.33. The highest BCUT2D eigenvalue weighted by Crippen LogP contribution is 2.40. The van der Waals surface area contributed by atoms with Crippen LogP contribution in [-0.4, -0.2) is 97.9 Å². The second kappa shape index (κ2) is 13.0. The molecule has 1 aliphatic rings. The van der Waals surface area contributed by atoms with Gasteiger partial charge in [0.1, 0.15) is 30.4 Å². The Morgan fingerprint density at radius 2 is 1.81 bits per heavy atom. The lowest BCUT2D eigenvalue weighted by Gasteiger charge is -2.25. The number of anilines is 3. The highest BCUT2D eigenvalue weighted by molar-refractivity contribution is 5.85. The van der Waals surface area contributed by atoms with Crippen LogP contribution in [0.1, 0.15) is 26.5 Å². The molecule has 1 saturated heterocycles. The lowest BCUT2D eigenvalue weighted by atomic mass is 10.0. The Bertz CT molecular complexity index is 1480. The Morgan fingerprint density at radius 3 is 2.50 bits per heavy atom. The zero-order valence-corrected chi connectivity index (χ0v) is 24.2. The highest BCUT2D eigenvalue weighted by Gasteiger charge is 2.45. The minimum Gasteiger partial charge on any atom is -0.493 e. The van der Waals surface area contributed by atoms with Crippen molar-refractivity contribution in [3.05, 3.63) is 54.9 Å². The number of aliphatic hydroxyl groups excluding tert-OH is 3. The fourth-order valence-corrected chi connectivity index (χ4v) is 5.30. The van der Waals surface area contributed by atoms with Gasteiger partial charge in [0.05, 0.1) is 13.2 Å². The molecular weight excluding hydrogens is 538 g/mol. The minimum atomic E-state index is -1.34. The van der Waals surface area contributed by atoms with Gasteiger partial charge in [-0.15, -0.1) is 0 Å². The van der Waals surface area contributed by atoms with E-state index in [4.69, 9.17) is 20.2 Å². The van der Waals surface area contributed by atoms with Crippen molar-refractivity contribution in [2.45, 2.75) is 44.8 Å². The number of nitrogen functional groups attached to an aromatic ring is 1. The highest BCUT2D eigenvalue weighted by atomic mass is 16.6. The maximum absolute atomic E-state index is 10.9. The topological polar surface area (TPSA) is 155 Å². The van der Waals surface area contributed by atoms with Gasteiger partial charge in [-0.2, -0.15) is 0 Å². The van der Waals surface area contributed by atoms with E-state index in [0.29, 0.717) is 23.7 Å². The van der Waals surface area contributed by atoms with Crippen molar-refractivity contribution in [3.8, 4) is 16.9 Å². The summed E-state index contributed by atoms with van der Waals surface area (Å²) in [6, 6.07) is 16.0. The zero-order chi connectivity index (χ0) is 29.8. The average molecular weight is 578 g/mol. The minimum absolute atomic E-state index is 0.164. The first kappa shape index (κ1) is 29.7. The fraction of sp³-hybridized carbons (Fsp3) is 0.433. The van der Waals surface area contributed by atoms with Crippen molar-refractivity contribution in [3.63, 3.8) is 0 Å². The van der Waals surface area contributed by atoms with Crippen LogP contribution in [0.2, 0.25) is 0 Å². The van der Waals surface area contributed by atoms with Crippen molar-refractivity contribution >= 4 is 28.6 Å². The summed E-state index contributed by atoms with van der Waals surface area (Å²) in [5.74, 6) is 1.24. The van der Waals surface area contributed by atoms with Crippen LogP contribution in [0.3, 0.4) is 0 Å². The van der Waals surface area contributed by atoms with Crippen molar-refractivity contribution in [1.29, 1.82) is 0 Å². The largest absolute Gasteiger partial charge is 0.493 e. The number of rotatable bonds is 12. The van der Waals surface area contributed by atoms with Gasteiger partial charge in [-0.3, -0.25) is 4.57 Å². The van der Waals surface area contributed by atoms with Gasteiger partial charge in [-0.25, -0.2) is 15.0 Å². The second-order valence-electron chi connectivity index (χ2n) is 10.3. The number of aliphatic hydroxyl groups is 3. The van der Waals surface area contributed by atoms with Crippen LogP contribution in [0.15, 0.2) is 54.9 Å². The Morgan fingerprint density at radius 1 is 1.05 bits per heavy atom. The third-order valence-electron chi connectivity index (χ3n) is 7.77. The van der Waals surface area contributed by atoms with Gasteiger partial charge in [0, 0.05) is 30.9 Å². The Labute approximate surface area is 245 Å². The number of hydrogen-bond donors (Lipinski definition) is 4. The van der Waals surface area contributed by atoms with E-state index in [1.54, 1.807) is 4.57 Å². The molecule has 0 bridgehead atoms. The van der Waals surface area contributed by atoms with E-state index >= 15 is 0 Å². The summed E-state index contributed by atoms with van der Waals surface area (Å²) >= 11 is 0. The van der Waals surface area contributed by atoms with Crippen molar-refractivity contribution in [2.75, 3.05) is 50.5 Å². The molecule has 0 radical (unpaired) electrons. The molecule has 224 valence electrons. The summed E-state index contributed by atoms with van der Waals surface area (Å²) in [5.41, 5.74) is 9.55. The van der Waals surface area contributed by atoms with Gasteiger partial charge in [-0.1, -0.05) is 44.2 Å². The lowest BCUT2D eigenvalue weighted by molar-refractivity contribution is -0.0503. The molecule has 0 aliphatic carbocycles. The van der Waals surface area contributed by atoms with Crippen LogP contribution in [0.25, 0.3) is 22.3 Å². The molecule has 4 aromatic rings. The van der Waals surface area contributed by atoms with Crippen LogP contribution < -0.4 is 15.4 Å². The first-order valence-corrected chi connectivity index (χ1v) is 14.3. The summed E-state index contributed by atoms with van der Waals surface area (Å²) in [6.45, 7) is 7.35. The van der Waals surface area contributed by atoms with Crippen LogP contribution >= 0.6 is 0 Å². The number of fused-ring (bicyclic) bond motifs is 1. The van der Waals surface area contributed by atoms with Gasteiger partial charge >= 0.3 is 0 Å². The normalized spacial score (nSPS) is 20.5. The maximum Gasteiger partial charge on any atom is 0.214 e. The second-order valence-corrected chi connectivity index (χ2v) is 10.3. The van der Waals surface area contributed by atoms with Gasteiger partial charge in [0.2, 0.25) is 5.95 Å². The van der Waals surface area contributed by atoms with Gasteiger partial charge in [0.15, 0.2) is 23.2 Å². The smallest absolute Gasteiger partial charge is 0.214 e. The third-order valence-corrected chi connectivity index (χ3v) is 7.77. The summed E-state index contributed by atoms with van der Waals surface area (Å²) < 4.78 is 13.8. The molecule has 4 atom stereocenters. The van der Waals surface area contributed by atoms with E-state index in [9.17, 15) is 15.3 Å². The summed E-state index contributed by atoms with van der Waals surface area (Å²) in [4.78, 5) is 17.3. The van der Waals surface area contributed by atoms with E-state index < -0.39 is 31.1 Å². The van der Waals surface area contributed by atoms with Crippen LogP contribution in [0.4, 0.5) is 17.5 Å². The van der Waals surface area contributed by atoms with Crippen LogP contribution in [0, 0.1) is 0 Å². The fourth-order valence-electron chi connectivity index (χ4n) is 5.30. The quantitative estimate of drug-likeness (QED) is 0.184. The van der Waals surface area contributed by atoms with E-state index in [1.807, 2.05) is 60.5 Å². The molecule has 12 nitrogen and oxygen atoms in total. The van der Waals surface area contributed by atoms with E-state index in [2.05, 4.69) is 28.7 Å². The molecule has 5 rings (SSSR count). The predicted molar refractivity (Wildman–Crippen MR) is 161 cm³/mol. The van der Waals surface area contributed by atoms with Crippen LogP contribution in [0.5, 0.6) is 5.75 Å². The molecule has 2 aromatic carbocycles. The molecule has 0 amide bonds. The molecule has 0 saturated carbocycles. The zero-order valence-electron chi connectivity index (χ0n) is 24.2.